The van der Waals surface area contributed by atoms with E-state index in [1.54, 1.807) is 0 Å². The second kappa shape index (κ2) is 6.56. The zero-order chi connectivity index (χ0) is 11.1. The van der Waals surface area contributed by atoms with Crippen LogP contribution in [0.1, 0.15) is 44.8 Å². The lowest BCUT2D eigenvalue weighted by Crippen LogP contribution is -2.16. The van der Waals surface area contributed by atoms with E-state index in [9.17, 15) is 0 Å². The second-order valence-electron chi connectivity index (χ2n) is 3.92. The van der Waals surface area contributed by atoms with Gasteiger partial charge in [-0.15, -0.1) is 0 Å². The molecule has 0 bridgehead atoms. The second-order valence-corrected chi connectivity index (χ2v) is 3.92. The molecule has 0 amide bonds. The Bertz CT molecular complexity index is 269. The van der Waals surface area contributed by atoms with Gasteiger partial charge >= 0.3 is 0 Å². The lowest BCUT2D eigenvalue weighted by Gasteiger charge is -2.07. The first-order valence-electron chi connectivity index (χ1n) is 5.81. The molecule has 1 unspecified atom stereocenters. The Morgan fingerprint density at radius 3 is 2.80 bits per heavy atom. The maximum Gasteiger partial charge on any atom is 0.226 e. The summed E-state index contributed by atoms with van der Waals surface area (Å²) in [5, 5.41) is 3.95. The minimum absolute atomic E-state index is 0.462. The molecule has 2 N–H and O–H groups in total. The van der Waals surface area contributed by atoms with Crippen LogP contribution in [0.2, 0.25) is 0 Å². The fourth-order valence-corrected chi connectivity index (χ4v) is 1.45. The largest absolute Gasteiger partial charge is 0.339 e. The first kappa shape index (κ1) is 12.2. The van der Waals surface area contributed by atoms with E-state index in [4.69, 9.17) is 10.3 Å². The van der Waals surface area contributed by atoms with Crippen LogP contribution >= 0.6 is 0 Å². The first-order chi connectivity index (χ1) is 7.30. The molecule has 0 fully saturated rings. The lowest BCUT2D eigenvalue weighted by molar-refractivity contribution is 0.346. The van der Waals surface area contributed by atoms with Crippen LogP contribution in [-0.4, -0.2) is 16.7 Å². The van der Waals surface area contributed by atoms with Gasteiger partial charge in [0.15, 0.2) is 5.82 Å². The molecule has 0 aliphatic carbocycles. The fourth-order valence-electron chi connectivity index (χ4n) is 1.45. The van der Waals surface area contributed by atoms with Crippen molar-refractivity contribution in [3.8, 4) is 0 Å². The van der Waals surface area contributed by atoms with Gasteiger partial charge in [-0.25, -0.2) is 0 Å². The smallest absolute Gasteiger partial charge is 0.226 e. The van der Waals surface area contributed by atoms with E-state index >= 15 is 0 Å². The van der Waals surface area contributed by atoms with Gasteiger partial charge in [0.1, 0.15) is 0 Å². The number of hydrogen-bond donors (Lipinski definition) is 1. The van der Waals surface area contributed by atoms with Gasteiger partial charge in [0.2, 0.25) is 5.89 Å². The van der Waals surface area contributed by atoms with E-state index in [-0.39, 0.29) is 0 Å². The van der Waals surface area contributed by atoms with Gasteiger partial charge in [-0.3, -0.25) is 0 Å². The molecule has 86 valence electrons. The van der Waals surface area contributed by atoms with Crippen molar-refractivity contribution >= 4 is 0 Å². The van der Waals surface area contributed by atoms with E-state index in [0.29, 0.717) is 12.5 Å². The summed E-state index contributed by atoms with van der Waals surface area (Å²) in [6, 6.07) is 0. The topological polar surface area (TPSA) is 64.9 Å². The van der Waals surface area contributed by atoms with Gasteiger partial charge in [-0.2, -0.15) is 4.98 Å². The Labute approximate surface area is 91.2 Å². The number of aromatic nitrogens is 2. The van der Waals surface area contributed by atoms with Crippen molar-refractivity contribution in [1.29, 1.82) is 0 Å². The third-order valence-corrected chi connectivity index (χ3v) is 2.64. The molecule has 15 heavy (non-hydrogen) atoms. The highest BCUT2D eigenvalue weighted by atomic mass is 16.5. The van der Waals surface area contributed by atoms with Crippen LogP contribution in [0.5, 0.6) is 0 Å². The van der Waals surface area contributed by atoms with E-state index < -0.39 is 0 Å². The van der Waals surface area contributed by atoms with Crippen LogP contribution < -0.4 is 5.73 Å². The predicted octanol–water partition coefficient (Wildman–Crippen LogP) is 1.94. The molecule has 1 aromatic heterocycles. The van der Waals surface area contributed by atoms with Crippen LogP contribution in [-0.2, 0) is 12.8 Å². The Kier molecular flexibility index (Phi) is 5.32. The summed E-state index contributed by atoms with van der Waals surface area (Å²) in [6.45, 7) is 4.97. The third-order valence-electron chi connectivity index (χ3n) is 2.64. The number of rotatable bonds is 7. The highest BCUT2D eigenvalue weighted by molar-refractivity contribution is 4.88. The number of nitrogens with zero attached hydrogens (tertiary/aromatic N) is 2. The van der Waals surface area contributed by atoms with Gasteiger partial charge in [0.25, 0.3) is 0 Å². The van der Waals surface area contributed by atoms with Crippen molar-refractivity contribution < 1.29 is 4.52 Å². The van der Waals surface area contributed by atoms with Gasteiger partial charge < -0.3 is 10.3 Å². The SMILES string of the molecule is CCCCc1noc(CC(CC)CN)n1. The zero-order valence-electron chi connectivity index (χ0n) is 9.70. The van der Waals surface area contributed by atoms with Crippen LogP contribution in [0.25, 0.3) is 0 Å². The van der Waals surface area contributed by atoms with E-state index in [1.807, 2.05) is 0 Å². The minimum atomic E-state index is 0.462. The molecule has 1 atom stereocenters. The molecular formula is C11H21N3O. The summed E-state index contributed by atoms with van der Waals surface area (Å²) in [4.78, 5) is 4.35. The van der Waals surface area contributed by atoms with E-state index in [2.05, 4.69) is 24.0 Å². The summed E-state index contributed by atoms with van der Waals surface area (Å²) in [7, 11) is 0. The molecular weight excluding hydrogens is 190 g/mol. The van der Waals surface area contributed by atoms with Crippen molar-refractivity contribution in [2.24, 2.45) is 11.7 Å². The minimum Gasteiger partial charge on any atom is -0.339 e. The number of hydrogen-bond acceptors (Lipinski definition) is 4. The molecule has 0 saturated heterocycles. The average Bonchev–Trinajstić information content (AvgIpc) is 2.70. The Morgan fingerprint density at radius 1 is 1.40 bits per heavy atom. The normalized spacial score (nSPS) is 13.0. The number of nitrogens with two attached hydrogens (primary N) is 1. The van der Waals surface area contributed by atoms with Crippen molar-refractivity contribution in [2.45, 2.75) is 46.0 Å². The average molecular weight is 211 g/mol. The molecule has 4 heteroatoms. The molecule has 1 aromatic rings. The Morgan fingerprint density at radius 2 is 2.20 bits per heavy atom. The molecule has 0 aliphatic heterocycles. The Balaban J connectivity index is 2.44. The summed E-state index contributed by atoms with van der Waals surface area (Å²) in [5.41, 5.74) is 5.63. The monoisotopic (exact) mass is 211 g/mol. The summed E-state index contributed by atoms with van der Waals surface area (Å²) < 4.78 is 5.18. The van der Waals surface area contributed by atoms with E-state index in [0.717, 1.165) is 43.8 Å². The number of aryl methyl sites for hydroxylation is 1. The van der Waals surface area contributed by atoms with Crippen LogP contribution in [0, 0.1) is 5.92 Å². The van der Waals surface area contributed by atoms with Crippen LogP contribution in [0.15, 0.2) is 4.52 Å². The summed E-state index contributed by atoms with van der Waals surface area (Å²) >= 11 is 0. The van der Waals surface area contributed by atoms with Crippen molar-refractivity contribution in [3.63, 3.8) is 0 Å². The van der Waals surface area contributed by atoms with Gasteiger partial charge in [0, 0.05) is 12.8 Å². The third kappa shape index (κ3) is 4.00. The molecule has 0 spiro atoms. The molecule has 0 radical (unpaired) electrons. The molecule has 0 aromatic carbocycles. The quantitative estimate of drug-likeness (QED) is 0.748. The predicted molar refractivity (Wildman–Crippen MR) is 59.4 cm³/mol. The zero-order valence-corrected chi connectivity index (χ0v) is 9.70. The molecule has 0 saturated carbocycles. The maximum atomic E-state index is 5.63. The highest BCUT2D eigenvalue weighted by Gasteiger charge is 2.11. The fraction of sp³-hybridized carbons (Fsp3) is 0.818. The van der Waals surface area contributed by atoms with Gasteiger partial charge in [-0.1, -0.05) is 31.8 Å². The number of unbranched alkanes of at least 4 members (excludes halogenated alkanes) is 1. The van der Waals surface area contributed by atoms with Gasteiger partial charge in [-0.05, 0) is 18.9 Å². The van der Waals surface area contributed by atoms with E-state index in [1.165, 1.54) is 0 Å². The molecule has 0 aliphatic rings. The first-order valence-corrected chi connectivity index (χ1v) is 5.81. The Hall–Kier alpha value is -0.900. The van der Waals surface area contributed by atoms with Gasteiger partial charge in [0.05, 0.1) is 0 Å². The lowest BCUT2D eigenvalue weighted by atomic mass is 10.0. The van der Waals surface area contributed by atoms with Crippen molar-refractivity contribution in [2.75, 3.05) is 6.54 Å². The highest BCUT2D eigenvalue weighted by Crippen LogP contribution is 2.10. The standard InChI is InChI=1S/C11H21N3O/c1-3-5-6-10-13-11(15-14-10)7-9(4-2)8-12/h9H,3-8,12H2,1-2H3. The van der Waals surface area contributed by atoms with Crippen molar-refractivity contribution in [3.05, 3.63) is 11.7 Å². The van der Waals surface area contributed by atoms with Crippen molar-refractivity contribution in [1.82, 2.24) is 10.1 Å². The maximum absolute atomic E-state index is 5.63. The summed E-state index contributed by atoms with van der Waals surface area (Å²) in [6.07, 6.45) is 5.06. The van der Waals surface area contributed by atoms with Crippen LogP contribution in [0.3, 0.4) is 0 Å². The molecule has 4 nitrogen and oxygen atoms in total. The van der Waals surface area contributed by atoms with Crippen LogP contribution in [0.4, 0.5) is 0 Å². The molecule has 1 heterocycles. The molecule has 1 rings (SSSR count). The summed E-state index contributed by atoms with van der Waals surface area (Å²) in [5.74, 6) is 2.03.